The molecule has 0 spiro atoms. The number of rotatable bonds is 4. The number of aryl methyl sites for hydroxylation is 1. The molecule has 2 aromatic rings. The average molecular weight is 264 g/mol. The number of hydrogen-bond acceptors (Lipinski definition) is 4. The second-order valence-corrected chi connectivity index (χ2v) is 4.80. The summed E-state index contributed by atoms with van der Waals surface area (Å²) in [5, 5.41) is 6.04. The van der Waals surface area contributed by atoms with E-state index in [9.17, 15) is 4.79 Å². The van der Waals surface area contributed by atoms with Crippen LogP contribution in [-0.2, 0) is 0 Å². The summed E-state index contributed by atoms with van der Waals surface area (Å²) < 4.78 is 1.79. The summed E-state index contributed by atoms with van der Waals surface area (Å²) in [4.78, 5) is 17.3. The Morgan fingerprint density at radius 3 is 2.89 bits per heavy atom. The fourth-order valence-corrected chi connectivity index (χ4v) is 2.52. The molecule has 0 aliphatic rings. The van der Waals surface area contributed by atoms with Crippen LogP contribution in [0.4, 0.5) is 0 Å². The molecule has 0 bridgehead atoms. The van der Waals surface area contributed by atoms with Crippen molar-refractivity contribution in [3.63, 3.8) is 0 Å². The van der Waals surface area contributed by atoms with E-state index < -0.39 is 0 Å². The first kappa shape index (κ1) is 12.8. The number of amides is 1. The largest absolute Gasteiger partial charge is 0.290 e. The molecule has 1 amide bonds. The van der Waals surface area contributed by atoms with Crippen LogP contribution in [0.2, 0.25) is 0 Å². The number of fused-ring (bicyclic) bond motifs is 1. The van der Waals surface area contributed by atoms with Crippen molar-refractivity contribution >= 4 is 27.9 Å². The topological polar surface area (TPSA) is 58.8 Å². The van der Waals surface area contributed by atoms with E-state index in [0.717, 1.165) is 29.2 Å². The van der Waals surface area contributed by atoms with Crippen molar-refractivity contribution in [2.45, 2.75) is 33.6 Å². The van der Waals surface area contributed by atoms with Gasteiger partial charge in [-0.25, -0.2) is 10.4 Å². The molecule has 2 heterocycles. The fourth-order valence-electron chi connectivity index (χ4n) is 1.76. The summed E-state index contributed by atoms with van der Waals surface area (Å²) in [6.07, 6.45) is 3.53. The normalized spacial score (nSPS) is 10.6. The highest BCUT2D eigenvalue weighted by Crippen LogP contribution is 2.16. The Hall–Kier alpha value is -1.69. The molecule has 0 atom stereocenters. The first-order valence-corrected chi connectivity index (χ1v) is 6.83. The SMILES string of the molecule is CCC(CC)=NNC(=O)c1c(C)nc2sccn12. The molecule has 0 aliphatic heterocycles. The Balaban J connectivity index is 2.26. The predicted molar refractivity (Wildman–Crippen MR) is 73.3 cm³/mol. The minimum Gasteiger partial charge on any atom is -0.286 e. The van der Waals surface area contributed by atoms with Gasteiger partial charge in [0.15, 0.2) is 4.96 Å². The van der Waals surface area contributed by atoms with Crippen LogP contribution in [0.25, 0.3) is 4.96 Å². The van der Waals surface area contributed by atoms with E-state index in [2.05, 4.69) is 15.5 Å². The molecule has 18 heavy (non-hydrogen) atoms. The molecule has 0 saturated carbocycles. The third-order valence-corrected chi connectivity index (χ3v) is 3.54. The lowest BCUT2D eigenvalue weighted by Gasteiger charge is -2.02. The molecule has 96 valence electrons. The molecule has 2 rings (SSSR count). The lowest BCUT2D eigenvalue weighted by Crippen LogP contribution is -2.21. The van der Waals surface area contributed by atoms with Gasteiger partial charge in [-0.05, 0) is 19.8 Å². The number of imidazole rings is 1. The summed E-state index contributed by atoms with van der Waals surface area (Å²) in [5.74, 6) is -0.210. The number of hydrogen-bond donors (Lipinski definition) is 1. The number of nitrogens with zero attached hydrogens (tertiary/aromatic N) is 3. The van der Waals surface area contributed by atoms with Gasteiger partial charge in [0.1, 0.15) is 5.69 Å². The van der Waals surface area contributed by atoms with Crippen molar-refractivity contribution in [1.82, 2.24) is 14.8 Å². The molecule has 6 heteroatoms. The highest BCUT2D eigenvalue weighted by Gasteiger charge is 2.16. The fraction of sp³-hybridized carbons (Fsp3) is 0.417. The first-order valence-electron chi connectivity index (χ1n) is 5.95. The second kappa shape index (κ2) is 5.30. The van der Waals surface area contributed by atoms with Gasteiger partial charge in [-0.3, -0.25) is 9.20 Å². The Morgan fingerprint density at radius 2 is 2.22 bits per heavy atom. The Labute approximate surface area is 110 Å². The predicted octanol–water partition coefficient (Wildman–Crippen LogP) is 2.61. The van der Waals surface area contributed by atoms with Crippen LogP contribution in [0, 0.1) is 6.92 Å². The van der Waals surface area contributed by atoms with Crippen LogP contribution in [-0.4, -0.2) is 21.0 Å². The van der Waals surface area contributed by atoms with Crippen LogP contribution >= 0.6 is 11.3 Å². The van der Waals surface area contributed by atoms with Crippen LogP contribution in [0.5, 0.6) is 0 Å². The van der Waals surface area contributed by atoms with Gasteiger partial charge in [-0.1, -0.05) is 13.8 Å². The van der Waals surface area contributed by atoms with Gasteiger partial charge in [0.05, 0.1) is 5.69 Å². The Kier molecular flexibility index (Phi) is 3.76. The van der Waals surface area contributed by atoms with Crippen LogP contribution in [0.15, 0.2) is 16.7 Å². The second-order valence-electron chi connectivity index (χ2n) is 3.93. The van der Waals surface area contributed by atoms with E-state index in [1.165, 1.54) is 11.3 Å². The van der Waals surface area contributed by atoms with Crippen molar-refractivity contribution < 1.29 is 4.79 Å². The van der Waals surface area contributed by atoms with Crippen molar-refractivity contribution in [3.8, 4) is 0 Å². The van der Waals surface area contributed by atoms with Gasteiger partial charge in [0.2, 0.25) is 0 Å². The van der Waals surface area contributed by atoms with Crippen LogP contribution < -0.4 is 5.43 Å². The number of nitrogens with one attached hydrogen (secondary N) is 1. The van der Waals surface area contributed by atoms with Gasteiger partial charge in [-0.15, -0.1) is 11.3 Å². The Bertz CT molecular complexity index is 590. The quantitative estimate of drug-likeness (QED) is 0.681. The summed E-state index contributed by atoms with van der Waals surface area (Å²) in [6.45, 7) is 5.88. The highest BCUT2D eigenvalue weighted by atomic mass is 32.1. The number of carbonyl (C=O) groups excluding carboxylic acids is 1. The number of hydrazone groups is 1. The molecule has 0 fully saturated rings. The zero-order chi connectivity index (χ0) is 13.1. The van der Waals surface area contributed by atoms with Gasteiger partial charge in [0, 0.05) is 17.3 Å². The number of thiazole rings is 1. The van der Waals surface area contributed by atoms with E-state index in [1.807, 2.05) is 32.3 Å². The smallest absolute Gasteiger partial charge is 0.286 e. The van der Waals surface area contributed by atoms with E-state index in [1.54, 1.807) is 4.40 Å². The van der Waals surface area contributed by atoms with Gasteiger partial charge < -0.3 is 0 Å². The molecule has 2 aromatic heterocycles. The van der Waals surface area contributed by atoms with Gasteiger partial charge in [-0.2, -0.15) is 5.10 Å². The zero-order valence-electron chi connectivity index (χ0n) is 10.7. The van der Waals surface area contributed by atoms with Crippen molar-refractivity contribution in [2.75, 3.05) is 0 Å². The monoisotopic (exact) mass is 264 g/mol. The minimum atomic E-state index is -0.210. The van der Waals surface area contributed by atoms with E-state index in [0.29, 0.717) is 5.69 Å². The summed E-state index contributed by atoms with van der Waals surface area (Å²) >= 11 is 1.51. The maximum Gasteiger partial charge on any atom is 0.290 e. The number of aromatic nitrogens is 2. The number of carbonyl (C=O) groups is 1. The molecule has 0 saturated heterocycles. The van der Waals surface area contributed by atoms with Crippen LogP contribution in [0.3, 0.4) is 0 Å². The first-order chi connectivity index (χ1) is 8.67. The third-order valence-electron chi connectivity index (χ3n) is 2.78. The zero-order valence-corrected chi connectivity index (χ0v) is 11.5. The summed E-state index contributed by atoms with van der Waals surface area (Å²) in [5.41, 5.74) is 4.86. The van der Waals surface area contributed by atoms with Crippen molar-refractivity contribution in [3.05, 3.63) is 23.0 Å². The average Bonchev–Trinajstić information content (AvgIpc) is 2.89. The Morgan fingerprint density at radius 1 is 1.50 bits per heavy atom. The van der Waals surface area contributed by atoms with E-state index in [4.69, 9.17) is 0 Å². The van der Waals surface area contributed by atoms with Crippen molar-refractivity contribution in [2.24, 2.45) is 5.10 Å². The maximum atomic E-state index is 12.1. The molecular formula is C12H16N4OS. The van der Waals surface area contributed by atoms with Gasteiger partial charge >= 0.3 is 0 Å². The summed E-state index contributed by atoms with van der Waals surface area (Å²) in [6, 6.07) is 0. The lowest BCUT2D eigenvalue weighted by molar-refractivity contribution is 0.0948. The van der Waals surface area contributed by atoms with Gasteiger partial charge in [0.25, 0.3) is 5.91 Å². The molecule has 0 unspecified atom stereocenters. The van der Waals surface area contributed by atoms with E-state index >= 15 is 0 Å². The molecule has 5 nitrogen and oxygen atoms in total. The third kappa shape index (κ3) is 2.28. The molecule has 1 N–H and O–H groups in total. The lowest BCUT2D eigenvalue weighted by atomic mass is 10.2. The maximum absolute atomic E-state index is 12.1. The minimum absolute atomic E-state index is 0.210. The molecule has 0 aromatic carbocycles. The molecule has 0 radical (unpaired) electrons. The summed E-state index contributed by atoms with van der Waals surface area (Å²) in [7, 11) is 0. The standard InChI is InChI=1S/C12H16N4OS/c1-4-9(5-2)14-15-11(17)10-8(3)13-12-16(10)6-7-18-12/h6-7H,4-5H2,1-3H3,(H,15,17). The molecular weight excluding hydrogens is 248 g/mol. The van der Waals surface area contributed by atoms with E-state index in [-0.39, 0.29) is 5.91 Å². The highest BCUT2D eigenvalue weighted by molar-refractivity contribution is 7.15. The van der Waals surface area contributed by atoms with Crippen LogP contribution in [0.1, 0.15) is 42.9 Å². The van der Waals surface area contributed by atoms with Crippen molar-refractivity contribution in [1.29, 1.82) is 0 Å². The molecule has 0 aliphatic carbocycles.